The summed E-state index contributed by atoms with van der Waals surface area (Å²) in [5.74, 6) is -1.94. The number of carboxylic acid groups (broad SMARTS) is 1. The molecule has 6 heteroatoms. The first-order valence-corrected chi connectivity index (χ1v) is 3.16. The Morgan fingerprint density at radius 3 is 2.46 bits per heavy atom. The monoisotopic (exact) mass is 190 g/mol. The van der Waals surface area contributed by atoms with Gasteiger partial charge in [-0.15, -0.1) is 0 Å². The first kappa shape index (κ1) is 9.50. The first-order chi connectivity index (χ1) is 5.93. The molecule has 1 aromatic rings. The maximum absolute atomic E-state index is 12.1. The number of hydrogen-bond donors (Lipinski definition) is 0. The summed E-state index contributed by atoms with van der Waals surface area (Å²) in [6, 6.07) is 1.65. The van der Waals surface area contributed by atoms with Crippen LogP contribution in [0.5, 0.6) is 0 Å². The molecule has 0 aromatic carbocycles. The summed E-state index contributed by atoms with van der Waals surface area (Å²) in [6.45, 7) is 0. The van der Waals surface area contributed by atoms with E-state index in [1.165, 1.54) is 0 Å². The minimum absolute atomic E-state index is 0.637. The Balaban J connectivity index is 3.28. The van der Waals surface area contributed by atoms with E-state index < -0.39 is 23.4 Å². The lowest BCUT2D eigenvalue weighted by Gasteiger charge is -2.11. The Morgan fingerprint density at radius 2 is 2.08 bits per heavy atom. The molecule has 13 heavy (non-hydrogen) atoms. The molecule has 3 nitrogen and oxygen atoms in total. The van der Waals surface area contributed by atoms with Crippen LogP contribution in [0.3, 0.4) is 0 Å². The Bertz CT molecular complexity index is 335. The number of carboxylic acids is 1. The molecule has 0 radical (unpaired) electrons. The molecular weight excluding hydrogens is 187 g/mol. The van der Waals surface area contributed by atoms with Crippen molar-refractivity contribution in [3.05, 3.63) is 29.6 Å². The van der Waals surface area contributed by atoms with E-state index in [9.17, 15) is 23.1 Å². The molecular formula is C7H3F3NO2-. The molecule has 0 saturated carbocycles. The van der Waals surface area contributed by atoms with Gasteiger partial charge in [0.25, 0.3) is 0 Å². The predicted molar refractivity (Wildman–Crippen MR) is 33.6 cm³/mol. The van der Waals surface area contributed by atoms with Gasteiger partial charge in [0.15, 0.2) is 0 Å². The Hall–Kier alpha value is -1.59. The highest BCUT2D eigenvalue weighted by molar-refractivity contribution is 5.85. The molecule has 0 fully saturated rings. The molecule has 1 heterocycles. The zero-order chi connectivity index (χ0) is 10.1. The number of aromatic nitrogens is 1. The van der Waals surface area contributed by atoms with Crippen LogP contribution in [0.1, 0.15) is 16.1 Å². The summed E-state index contributed by atoms with van der Waals surface area (Å²) in [5, 5.41) is 10.2. The second kappa shape index (κ2) is 3.04. The van der Waals surface area contributed by atoms with E-state index in [0.29, 0.717) is 6.07 Å². The number of aromatic carboxylic acids is 1. The summed E-state index contributed by atoms with van der Waals surface area (Å²) < 4.78 is 36.2. The second-order valence-electron chi connectivity index (χ2n) is 2.18. The van der Waals surface area contributed by atoms with Crippen molar-refractivity contribution in [3.63, 3.8) is 0 Å². The number of carbonyl (C=O) groups is 1. The third-order valence-electron chi connectivity index (χ3n) is 1.31. The lowest BCUT2D eigenvalue weighted by atomic mass is 10.2. The summed E-state index contributed by atoms with van der Waals surface area (Å²) in [5.41, 5.74) is -2.38. The topological polar surface area (TPSA) is 53.0 Å². The molecule has 0 spiro atoms. The van der Waals surface area contributed by atoms with Gasteiger partial charge >= 0.3 is 6.18 Å². The molecule has 0 amide bonds. The fourth-order valence-electron chi connectivity index (χ4n) is 0.797. The quantitative estimate of drug-likeness (QED) is 0.646. The molecule has 0 atom stereocenters. The van der Waals surface area contributed by atoms with Crippen LogP contribution in [0, 0.1) is 0 Å². The van der Waals surface area contributed by atoms with E-state index in [1.54, 1.807) is 0 Å². The van der Waals surface area contributed by atoms with Crippen LogP contribution >= 0.6 is 0 Å². The van der Waals surface area contributed by atoms with E-state index in [0.717, 1.165) is 12.3 Å². The van der Waals surface area contributed by atoms with Crippen molar-refractivity contribution in [1.82, 2.24) is 4.98 Å². The van der Waals surface area contributed by atoms with Crippen LogP contribution in [-0.4, -0.2) is 11.0 Å². The molecule has 0 saturated heterocycles. The molecule has 0 bridgehead atoms. The highest BCUT2D eigenvalue weighted by Crippen LogP contribution is 2.30. The van der Waals surface area contributed by atoms with E-state index in [2.05, 4.69) is 4.98 Å². The van der Waals surface area contributed by atoms with Gasteiger partial charge in [-0.05, 0) is 12.1 Å². The van der Waals surface area contributed by atoms with E-state index in [4.69, 9.17) is 0 Å². The van der Waals surface area contributed by atoms with E-state index in [-0.39, 0.29) is 0 Å². The zero-order valence-corrected chi connectivity index (χ0v) is 6.13. The van der Waals surface area contributed by atoms with Gasteiger partial charge in [-0.25, -0.2) is 0 Å². The van der Waals surface area contributed by atoms with Crippen LogP contribution in [0.2, 0.25) is 0 Å². The molecule has 0 aliphatic rings. The minimum Gasteiger partial charge on any atom is -0.543 e. The van der Waals surface area contributed by atoms with Crippen LogP contribution in [0.15, 0.2) is 18.3 Å². The molecule has 0 aliphatic heterocycles. The second-order valence-corrected chi connectivity index (χ2v) is 2.18. The van der Waals surface area contributed by atoms with Crippen molar-refractivity contribution in [2.24, 2.45) is 0 Å². The van der Waals surface area contributed by atoms with Gasteiger partial charge in [-0.3, -0.25) is 4.98 Å². The van der Waals surface area contributed by atoms with Crippen molar-refractivity contribution < 1.29 is 23.1 Å². The van der Waals surface area contributed by atoms with Gasteiger partial charge in [0.2, 0.25) is 0 Å². The number of halogens is 3. The van der Waals surface area contributed by atoms with Crippen LogP contribution in [0.4, 0.5) is 13.2 Å². The van der Waals surface area contributed by atoms with Crippen molar-refractivity contribution in [2.75, 3.05) is 0 Å². The summed E-state index contributed by atoms with van der Waals surface area (Å²) >= 11 is 0. The normalized spacial score (nSPS) is 11.3. The predicted octanol–water partition coefficient (Wildman–Crippen LogP) is 0.464. The summed E-state index contributed by atoms with van der Waals surface area (Å²) in [7, 11) is 0. The molecule has 0 unspecified atom stereocenters. The average Bonchev–Trinajstić information content (AvgIpc) is 2.03. The van der Waals surface area contributed by atoms with Crippen LogP contribution in [-0.2, 0) is 6.18 Å². The van der Waals surface area contributed by atoms with Gasteiger partial charge in [0, 0.05) is 6.20 Å². The SMILES string of the molecule is O=C([O-])c1ncccc1C(F)(F)F. The van der Waals surface area contributed by atoms with Gasteiger partial charge in [0.05, 0.1) is 17.2 Å². The highest BCUT2D eigenvalue weighted by atomic mass is 19.4. The number of hydrogen-bond acceptors (Lipinski definition) is 3. The smallest absolute Gasteiger partial charge is 0.418 e. The Kier molecular flexibility index (Phi) is 2.22. The molecule has 1 rings (SSSR count). The standard InChI is InChI=1S/C7H4F3NO2/c8-7(9,10)4-2-1-3-11-5(4)6(12)13/h1-3H,(H,12,13)/p-1. The fraction of sp³-hybridized carbons (Fsp3) is 0.143. The number of rotatable bonds is 1. The summed E-state index contributed by atoms with van der Waals surface area (Å²) in [6.07, 6.45) is -3.76. The fourth-order valence-corrected chi connectivity index (χ4v) is 0.797. The third-order valence-corrected chi connectivity index (χ3v) is 1.31. The Morgan fingerprint density at radius 1 is 1.46 bits per heavy atom. The van der Waals surface area contributed by atoms with Gasteiger partial charge in [0.1, 0.15) is 0 Å². The van der Waals surface area contributed by atoms with Crippen molar-refractivity contribution >= 4 is 5.97 Å². The number of nitrogens with zero attached hydrogens (tertiary/aromatic N) is 1. The molecule has 1 aromatic heterocycles. The maximum atomic E-state index is 12.1. The average molecular weight is 190 g/mol. The van der Waals surface area contributed by atoms with Crippen LogP contribution in [0.25, 0.3) is 0 Å². The van der Waals surface area contributed by atoms with Crippen LogP contribution < -0.4 is 5.11 Å². The van der Waals surface area contributed by atoms with Gasteiger partial charge < -0.3 is 9.90 Å². The molecule has 0 aliphatic carbocycles. The lowest BCUT2D eigenvalue weighted by molar-refractivity contribution is -0.256. The first-order valence-electron chi connectivity index (χ1n) is 3.16. The maximum Gasteiger partial charge on any atom is 0.418 e. The largest absolute Gasteiger partial charge is 0.543 e. The minimum atomic E-state index is -4.72. The van der Waals surface area contributed by atoms with E-state index >= 15 is 0 Å². The van der Waals surface area contributed by atoms with Crippen molar-refractivity contribution in [2.45, 2.75) is 6.18 Å². The number of alkyl halides is 3. The molecule has 70 valence electrons. The summed E-state index contributed by atoms with van der Waals surface area (Å²) in [4.78, 5) is 13.3. The lowest BCUT2D eigenvalue weighted by Crippen LogP contribution is -2.27. The van der Waals surface area contributed by atoms with Crippen molar-refractivity contribution in [1.29, 1.82) is 0 Å². The Labute approximate surface area is 70.8 Å². The molecule has 0 N–H and O–H groups in total. The third kappa shape index (κ3) is 1.95. The van der Waals surface area contributed by atoms with Gasteiger partial charge in [-0.2, -0.15) is 13.2 Å². The zero-order valence-electron chi connectivity index (χ0n) is 6.13. The highest BCUT2D eigenvalue weighted by Gasteiger charge is 2.33. The van der Waals surface area contributed by atoms with E-state index in [1.807, 2.05) is 0 Å². The van der Waals surface area contributed by atoms with Crippen molar-refractivity contribution in [3.8, 4) is 0 Å². The number of carbonyl (C=O) groups excluding carboxylic acids is 1. The number of pyridine rings is 1. The van der Waals surface area contributed by atoms with Gasteiger partial charge in [-0.1, -0.05) is 0 Å².